The first-order chi connectivity index (χ1) is 9.72. The molecule has 0 saturated carbocycles. The molecule has 2 heteroatoms. The Balaban J connectivity index is 2.25. The molecule has 0 amide bonds. The van der Waals surface area contributed by atoms with Crippen molar-refractivity contribution in [2.45, 2.75) is 32.7 Å². The van der Waals surface area contributed by atoms with Gasteiger partial charge in [0, 0.05) is 17.4 Å². The highest BCUT2D eigenvalue weighted by Gasteiger charge is 2.24. The molecule has 2 nitrogen and oxygen atoms in total. The molecule has 1 aromatic carbocycles. The molecule has 1 aliphatic heterocycles. The van der Waals surface area contributed by atoms with E-state index in [4.69, 9.17) is 0 Å². The zero-order chi connectivity index (χ0) is 14.4. The van der Waals surface area contributed by atoms with E-state index in [1.807, 2.05) is 0 Å². The predicted molar refractivity (Wildman–Crippen MR) is 88.0 cm³/mol. The van der Waals surface area contributed by atoms with Crippen LogP contribution in [0.1, 0.15) is 26.7 Å². The Morgan fingerprint density at radius 1 is 1.20 bits per heavy atom. The Bertz CT molecular complexity index is 454. The number of nitrogens with zero attached hydrogens (tertiary/aromatic N) is 2. The van der Waals surface area contributed by atoms with Crippen LogP contribution in [0.15, 0.2) is 54.3 Å². The standard InChI is InChI=1S/C18H26N2/c1-4-5-9-16(2)20(17-10-7-6-8-11-17)18-12-14-19(3)15-13-18/h4-11,18H,12-15H2,1-3H3. The SMILES string of the molecule is CC=CC=C(C)N(c1ccccc1)C1CCN(C)CC1. The Morgan fingerprint density at radius 3 is 2.45 bits per heavy atom. The van der Waals surface area contributed by atoms with E-state index in [0.717, 1.165) is 0 Å². The second-order valence-electron chi connectivity index (χ2n) is 5.57. The number of hydrogen-bond acceptors (Lipinski definition) is 2. The third kappa shape index (κ3) is 3.73. The minimum Gasteiger partial charge on any atom is -0.342 e. The van der Waals surface area contributed by atoms with Crippen molar-refractivity contribution >= 4 is 5.69 Å². The Kier molecular flexibility index (Phi) is 5.42. The van der Waals surface area contributed by atoms with Gasteiger partial charge in [-0.2, -0.15) is 0 Å². The summed E-state index contributed by atoms with van der Waals surface area (Å²) in [7, 11) is 2.21. The molecule has 0 bridgehead atoms. The Morgan fingerprint density at radius 2 is 1.85 bits per heavy atom. The van der Waals surface area contributed by atoms with Gasteiger partial charge in [0.15, 0.2) is 0 Å². The normalized spacial score (nSPS) is 18.6. The Hall–Kier alpha value is -1.54. The molecular weight excluding hydrogens is 244 g/mol. The summed E-state index contributed by atoms with van der Waals surface area (Å²) >= 11 is 0. The molecule has 0 atom stereocenters. The summed E-state index contributed by atoms with van der Waals surface area (Å²) < 4.78 is 0. The van der Waals surface area contributed by atoms with Gasteiger partial charge in [0.25, 0.3) is 0 Å². The highest BCUT2D eigenvalue weighted by atomic mass is 15.2. The maximum absolute atomic E-state index is 2.51. The quantitative estimate of drug-likeness (QED) is 0.761. The second kappa shape index (κ2) is 7.30. The van der Waals surface area contributed by atoms with Crippen molar-refractivity contribution in [3.05, 3.63) is 54.3 Å². The van der Waals surface area contributed by atoms with Gasteiger partial charge in [-0.1, -0.05) is 30.4 Å². The highest BCUT2D eigenvalue weighted by Crippen LogP contribution is 2.27. The Labute approximate surface area is 123 Å². The van der Waals surface area contributed by atoms with Crippen LogP contribution in [0.5, 0.6) is 0 Å². The van der Waals surface area contributed by atoms with E-state index in [1.165, 1.54) is 37.3 Å². The molecule has 0 spiro atoms. The summed E-state index contributed by atoms with van der Waals surface area (Å²) in [5.41, 5.74) is 2.63. The lowest BCUT2D eigenvalue weighted by molar-refractivity contribution is 0.253. The van der Waals surface area contributed by atoms with Crippen molar-refractivity contribution in [2.75, 3.05) is 25.0 Å². The number of rotatable bonds is 4. The van der Waals surface area contributed by atoms with Crippen molar-refractivity contribution in [1.82, 2.24) is 4.90 Å². The van der Waals surface area contributed by atoms with Crippen LogP contribution in [0, 0.1) is 0 Å². The minimum atomic E-state index is 0.607. The molecule has 108 valence electrons. The number of allylic oxidation sites excluding steroid dienone is 4. The first-order valence-corrected chi connectivity index (χ1v) is 7.54. The molecule has 2 rings (SSSR count). The van der Waals surface area contributed by atoms with Gasteiger partial charge in [-0.25, -0.2) is 0 Å². The maximum Gasteiger partial charge on any atom is 0.0410 e. The molecule has 0 aromatic heterocycles. The molecular formula is C18H26N2. The summed E-state index contributed by atoms with van der Waals surface area (Å²) in [5.74, 6) is 0. The van der Waals surface area contributed by atoms with Crippen molar-refractivity contribution in [3.63, 3.8) is 0 Å². The van der Waals surface area contributed by atoms with Crippen LogP contribution in [-0.4, -0.2) is 31.1 Å². The smallest absolute Gasteiger partial charge is 0.0410 e. The summed E-state index contributed by atoms with van der Waals surface area (Å²) in [5, 5.41) is 0. The zero-order valence-electron chi connectivity index (χ0n) is 12.9. The van der Waals surface area contributed by atoms with Crippen LogP contribution in [0.2, 0.25) is 0 Å². The topological polar surface area (TPSA) is 6.48 Å². The van der Waals surface area contributed by atoms with Crippen LogP contribution in [0.3, 0.4) is 0 Å². The number of benzene rings is 1. The van der Waals surface area contributed by atoms with E-state index in [9.17, 15) is 0 Å². The number of anilines is 1. The fourth-order valence-electron chi connectivity index (χ4n) is 2.86. The van der Waals surface area contributed by atoms with Gasteiger partial charge >= 0.3 is 0 Å². The fourth-order valence-corrected chi connectivity index (χ4v) is 2.86. The second-order valence-corrected chi connectivity index (χ2v) is 5.57. The number of para-hydroxylation sites is 1. The van der Waals surface area contributed by atoms with Crippen LogP contribution in [0.4, 0.5) is 5.69 Å². The minimum absolute atomic E-state index is 0.607. The van der Waals surface area contributed by atoms with Crippen LogP contribution in [0.25, 0.3) is 0 Å². The number of hydrogen-bond donors (Lipinski definition) is 0. The summed E-state index contributed by atoms with van der Waals surface area (Å²) in [6, 6.07) is 11.4. The van der Waals surface area contributed by atoms with E-state index < -0.39 is 0 Å². The summed E-state index contributed by atoms with van der Waals surface area (Å²) in [6.07, 6.45) is 8.88. The molecule has 0 aliphatic carbocycles. The number of piperidine rings is 1. The van der Waals surface area contributed by atoms with Crippen molar-refractivity contribution < 1.29 is 0 Å². The van der Waals surface area contributed by atoms with Crippen LogP contribution < -0.4 is 4.90 Å². The molecule has 0 N–H and O–H groups in total. The predicted octanol–water partition coefficient (Wildman–Crippen LogP) is 4.07. The third-order valence-electron chi connectivity index (χ3n) is 4.00. The van der Waals surface area contributed by atoms with Gasteiger partial charge in [-0.15, -0.1) is 0 Å². The summed E-state index contributed by atoms with van der Waals surface area (Å²) in [4.78, 5) is 4.93. The van der Waals surface area contributed by atoms with E-state index >= 15 is 0 Å². The largest absolute Gasteiger partial charge is 0.342 e. The molecule has 1 fully saturated rings. The van der Waals surface area contributed by atoms with E-state index in [0.29, 0.717) is 6.04 Å². The number of likely N-dealkylation sites (tertiary alicyclic amines) is 1. The fraction of sp³-hybridized carbons (Fsp3) is 0.444. The first kappa shape index (κ1) is 14.9. The molecule has 1 aliphatic rings. The van der Waals surface area contributed by atoms with Crippen LogP contribution in [-0.2, 0) is 0 Å². The average molecular weight is 270 g/mol. The molecule has 0 radical (unpaired) electrons. The lowest BCUT2D eigenvalue weighted by Gasteiger charge is -2.39. The lowest BCUT2D eigenvalue weighted by Crippen LogP contribution is -2.43. The third-order valence-corrected chi connectivity index (χ3v) is 4.00. The van der Waals surface area contributed by atoms with E-state index in [1.54, 1.807) is 0 Å². The maximum atomic E-state index is 2.51. The summed E-state index contributed by atoms with van der Waals surface area (Å²) in [6.45, 7) is 6.65. The molecule has 0 unspecified atom stereocenters. The molecule has 1 heterocycles. The van der Waals surface area contributed by atoms with Gasteiger partial charge in [-0.05, 0) is 65.0 Å². The molecule has 1 aromatic rings. The van der Waals surface area contributed by atoms with Gasteiger partial charge in [-0.3, -0.25) is 0 Å². The van der Waals surface area contributed by atoms with Crippen molar-refractivity contribution in [1.29, 1.82) is 0 Å². The molecule has 1 saturated heterocycles. The highest BCUT2D eigenvalue weighted by molar-refractivity contribution is 5.53. The monoisotopic (exact) mass is 270 g/mol. The van der Waals surface area contributed by atoms with E-state index in [2.05, 4.69) is 79.3 Å². The van der Waals surface area contributed by atoms with Gasteiger partial charge in [0.05, 0.1) is 0 Å². The van der Waals surface area contributed by atoms with Gasteiger partial charge < -0.3 is 9.80 Å². The zero-order valence-corrected chi connectivity index (χ0v) is 12.9. The lowest BCUT2D eigenvalue weighted by atomic mass is 10.0. The van der Waals surface area contributed by atoms with Gasteiger partial charge in [0.1, 0.15) is 0 Å². The van der Waals surface area contributed by atoms with Crippen molar-refractivity contribution in [3.8, 4) is 0 Å². The molecule has 20 heavy (non-hydrogen) atoms. The van der Waals surface area contributed by atoms with Gasteiger partial charge in [0.2, 0.25) is 0 Å². The van der Waals surface area contributed by atoms with Crippen LogP contribution >= 0.6 is 0 Å². The average Bonchev–Trinajstić information content (AvgIpc) is 2.48. The van der Waals surface area contributed by atoms with Crippen molar-refractivity contribution in [2.24, 2.45) is 0 Å². The van der Waals surface area contributed by atoms with E-state index in [-0.39, 0.29) is 0 Å². The first-order valence-electron chi connectivity index (χ1n) is 7.54.